The number of halogens is 1. The van der Waals surface area contributed by atoms with Gasteiger partial charge in [0.25, 0.3) is 0 Å². The number of methoxy groups -OCH3 is 2. The normalized spacial score (nSPS) is 11.6. The minimum Gasteiger partial charge on any atom is -0.496 e. The van der Waals surface area contributed by atoms with Gasteiger partial charge in [0.2, 0.25) is 0 Å². The smallest absolute Gasteiger partial charge is 0.125 e. The Labute approximate surface area is 101 Å². The Morgan fingerprint density at radius 1 is 1.31 bits per heavy atom. The van der Waals surface area contributed by atoms with E-state index in [1.807, 2.05) is 19.9 Å². The highest BCUT2D eigenvalue weighted by molar-refractivity contribution is 6.30. The van der Waals surface area contributed by atoms with Gasteiger partial charge in [-0.25, -0.2) is 0 Å². The maximum Gasteiger partial charge on any atom is 0.125 e. The summed E-state index contributed by atoms with van der Waals surface area (Å²) in [5.41, 5.74) is 7.53. The van der Waals surface area contributed by atoms with Crippen molar-refractivity contribution >= 4 is 11.6 Å². The highest BCUT2D eigenvalue weighted by atomic mass is 35.5. The second kappa shape index (κ2) is 5.04. The van der Waals surface area contributed by atoms with Gasteiger partial charge in [-0.3, -0.25) is 0 Å². The van der Waals surface area contributed by atoms with Crippen molar-refractivity contribution < 1.29 is 9.47 Å². The fourth-order valence-corrected chi connectivity index (χ4v) is 2.03. The maximum atomic E-state index is 6.14. The largest absolute Gasteiger partial charge is 0.496 e. The molecule has 0 heterocycles. The molecule has 90 valence electrons. The Bertz CT molecular complexity index is 372. The Hall–Kier alpha value is -0.770. The Morgan fingerprint density at radius 3 is 2.38 bits per heavy atom. The van der Waals surface area contributed by atoms with Crippen molar-refractivity contribution in [1.82, 2.24) is 0 Å². The van der Waals surface area contributed by atoms with Crippen LogP contribution in [0.3, 0.4) is 0 Å². The van der Waals surface area contributed by atoms with Gasteiger partial charge >= 0.3 is 0 Å². The molecule has 0 atom stereocenters. The van der Waals surface area contributed by atoms with Crippen LogP contribution in [0.1, 0.15) is 25.0 Å². The molecular weight excluding hydrogens is 226 g/mol. The fraction of sp³-hybridized carbons (Fsp3) is 0.500. The molecule has 0 aliphatic carbocycles. The Kier molecular flexibility index (Phi) is 4.19. The molecule has 1 rings (SSSR count). The van der Waals surface area contributed by atoms with Gasteiger partial charge in [0.1, 0.15) is 5.75 Å². The van der Waals surface area contributed by atoms with Crippen molar-refractivity contribution in [2.75, 3.05) is 14.2 Å². The molecule has 0 saturated heterocycles. The number of benzene rings is 1. The van der Waals surface area contributed by atoms with Crippen LogP contribution in [-0.2, 0) is 16.9 Å². The highest BCUT2D eigenvalue weighted by Crippen LogP contribution is 2.34. The Balaban J connectivity index is 3.39. The lowest BCUT2D eigenvalue weighted by atomic mass is 9.90. The van der Waals surface area contributed by atoms with Crippen LogP contribution >= 0.6 is 11.6 Å². The monoisotopic (exact) mass is 243 g/mol. The van der Waals surface area contributed by atoms with Gasteiger partial charge in [-0.2, -0.15) is 0 Å². The lowest BCUT2D eigenvalue weighted by Gasteiger charge is -2.25. The van der Waals surface area contributed by atoms with Crippen molar-refractivity contribution in [2.24, 2.45) is 5.73 Å². The summed E-state index contributed by atoms with van der Waals surface area (Å²) in [5, 5.41) is 0.622. The third kappa shape index (κ3) is 2.88. The summed E-state index contributed by atoms with van der Waals surface area (Å²) in [5.74, 6) is 0.701. The first-order valence-electron chi connectivity index (χ1n) is 5.05. The van der Waals surface area contributed by atoms with Gasteiger partial charge in [0, 0.05) is 23.2 Å². The fourth-order valence-electron chi connectivity index (χ4n) is 1.80. The molecule has 1 aromatic rings. The number of ether oxygens (including phenoxy) is 2. The van der Waals surface area contributed by atoms with Crippen molar-refractivity contribution in [3.63, 3.8) is 0 Å². The zero-order chi connectivity index (χ0) is 12.3. The highest BCUT2D eigenvalue weighted by Gasteiger charge is 2.23. The first-order valence-corrected chi connectivity index (χ1v) is 5.42. The number of hydrogen-bond acceptors (Lipinski definition) is 3. The van der Waals surface area contributed by atoms with Crippen LogP contribution < -0.4 is 10.5 Å². The molecule has 0 aliphatic rings. The first-order chi connectivity index (χ1) is 7.40. The van der Waals surface area contributed by atoms with E-state index in [0.29, 0.717) is 17.4 Å². The molecule has 2 N–H and O–H groups in total. The third-order valence-corrected chi connectivity index (χ3v) is 2.53. The molecular formula is C12H18ClNO2. The second-order valence-corrected chi connectivity index (χ2v) is 4.73. The zero-order valence-corrected chi connectivity index (χ0v) is 10.9. The topological polar surface area (TPSA) is 44.5 Å². The lowest BCUT2D eigenvalue weighted by molar-refractivity contribution is 0.182. The molecule has 0 bridgehead atoms. The van der Waals surface area contributed by atoms with Gasteiger partial charge in [0.05, 0.1) is 13.7 Å². The molecule has 0 fully saturated rings. The van der Waals surface area contributed by atoms with E-state index in [0.717, 1.165) is 11.1 Å². The maximum absolute atomic E-state index is 6.14. The lowest BCUT2D eigenvalue weighted by Crippen LogP contribution is -2.30. The van der Waals surface area contributed by atoms with Crippen molar-refractivity contribution in [3.05, 3.63) is 28.3 Å². The standard InChI is InChI=1S/C12H18ClNO2/c1-12(2,14)11-8(7-15-3)5-9(13)6-10(11)16-4/h5-6H,7,14H2,1-4H3. The quantitative estimate of drug-likeness (QED) is 0.884. The van der Waals surface area contributed by atoms with Gasteiger partial charge in [0.15, 0.2) is 0 Å². The van der Waals surface area contributed by atoms with Crippen molar-refractivity contribution in [3.8, 4) is 5.75 Å². The molecule has 1 aromatic carbocycles. The van der Waals surface area contributed by atoms with Gasteiger partial charge in [-0.15, -0.1) is 0 Å². The minimum atomic E-state index is -0.496. The number of hydrogen-bond donors (Lipinski definition) is 1. The van der Waals surface area contributed by atoms with E-state index >= 15 is 0 Å². The molecule has 0 aromatic heterocycles. The second-order valence-electron chi connectivity index (χ2n) is 4.30. The van der Waals surface area contributed by atoms with Crippen LogP contribution in [0.25, 0.3) is 0 Å². The molecule has 3 nitrogen and oxygen atoms in total. The van der Waals surface area contributed by atoms with Gasteiger partial charge in [-0.1, -0.05) is 11.6 Å². The van der Waals surface area contributed by atoms with E-state index in [4.69, 9.17) is 26.8 Å². The molecule has 0 radical (unpaired) electrons. The van der Waals surface area contributed by atoms with Crippen LogP contribution in [0.5, 0.6) is 5.75 Å². The molecule has 4 heteroatoms. The van der Waals surface area contributed by atoms with Crippen LogP contribution in [-0.4, -0.2) is 14.2 Å². The first kappa shape index (κ1) is 13.3. The van der Waals surface area contributed by atoms with E-state index in [-0.39, 0.29) is 0 Å². The summed E-state index contributed by atoms with van der Waals surface area (Å²) in [6.07, 6.45) is 0. The molecule has 16 heavy (non-hydrogen) atoms. The van der Waals surface area contributed by atoms with Crippen LogP contribution in [0.15, 0.2) is 12.1 Å². The summed E-state index contributed by atoms with van der Waals surface area (Å²) < 4.78 is 10.5. The van der Waals surface area contributed by atoms with Gasteiger partial charge < -0.3 is 15.2 Å². The SMILES string of the molecule is COCc1cc(Cl)cc(OC)c1C(C)(C)N. The summed E-state index contributed by atoms with van der Waals surface area (Å²) in [7, 11) is 3.25. The molecule has 0 amide bonds. The molecule has 0 unspecified atom stereocenters. The average Bonchev–Trinajstić information content (AvgIpc) is 2.15. The minimum absolute atomic E-state index is 0.465. The molecule has 0 spiro atoms. The molecule has 0 saturated carbocycles. The van der Waals surface area contributed by atoms with Crippen LogP contribution in [0, 0.1) is 0 Å². The average molecular weight is 244 g/mol. The third-order valence-electron chi connectivity index (χ3n) is 2.31. The summed E-state index contributed by atoms with van der Waals surface area (Å²) in [4.78, 5) is 0. The van der Waals surface area contributed by atoms with E-state index in [1.165, 1.54) is 0 Å². The van der Waals surface area contributed by atoms with Crippen molar-refractivity contribution in [2.45, 2.75) is 26.0 Å². The molecule has 0 aliphatic heterocycles. The predicted molar refractivity (Wildman–Crippen MR) is 65.9 cm³/mol. The van der Waals surface area contributed by atoms with Gasteiger partial charge in [-0.05, 0) is 31.5 Å². The summed E-state index contributed by atoms with van der Waals surface area (Å²) >= 11 is 6.01. The van der Waals surface area contributed by atoms with Crippen molar-refractivity contribution in [1.29, 1.82) is 0 Å². The number of nitrogens with two attached hydrogens (primary N) is 1. The van der Waals surface area contributed by atoms with E-state index in [9.17, 15) is 0 Å². The predicted octanol–water partition coefficient (Wildman–Crippen LogP) is 2.69. The van der Waals surface area contributed by atoms with Crippen LogP contribution in [0.4, 0.5) is 0 Å². The summed E-state index contributed by atoms with van der Waals surface area (Å²) in [6.45, 7) is 4.32. The van der Waals surface area contributed by atoms with E-state index in [2.05, 4.69) is 0 Å². The number of rotatable bonds is 4. The Morgan fingerprint density at radius 2 is 1.94 bits per heavy atom. The van der Waals surface area contributed by atoms with Crippen LogP contribution in [0.2, 0.25) is 5.02 Å². The summed E-state index contributed by atoms with van der Waals surface area (Å²) in [6, 6.07) is 3.63. The zero-order valence-electron chi connectivity index (χ0n) is 10.1. The van der Waals surface area contributed by atoms with E-state index < -0.39 is 5.54 Å². The van der Waals surface area contributed by atoms with E-state index in [1.54, 1.807) is 20.3 Å².